The Morgan fingerprint density at radius 2 is 2.14 bits per heavy atom. The molecule has 0 aliphatic carbocycles. The maximum Gasteiger partial charge on any atom is 0.141 e. The lowest BCUT2D eigenvalue weighted by Gasteiger charge is -2.06. The molecule has 0 bridgehead atoms. The first-order valence-electron chi connectivity index (χ1n) is 4.20. The van der Waals surface area contributed by atoms with Gasteiger partial charge in [-0.25, -0.2) is 0 Å². The smallest absolute Gasteiger partial charge is 0.141 e. The van der Waals surface area contributed by atoms with Crippen molar-refractivity contribution in [1.29, 1.82) is 0 Å². The van der Waals surface area contributed by atoms with E-state index in [2.05, 4.69) is 4.98 Å². The van der Waals surface area contributed by atoms with E-state index in [0.29, 0.717) is 22.2 Å². The topological polar surface area (TPSA) is 79.4 Å². The summed E-state index contributed by atoms with van der Waals surface area (Å²) in [6, 6.07) is 5.00. The molecule has 1 heterocycles. The van der Waals surface area contributed by atoms with Gasteiger partial charge >= 0.3 is 0 Å². The second-order valence-electron chi connectivity index (χ2n) is 3.03. The molecule has 0 radical (unpaired) electrons. The maximum atomic E-state index is 9.48. The average molecular weight is 190 g/mol. The molecule has 0 aliphatic heterocycles. The van der Waals surface area contributed by atoms with E-state index in [-0.39, 0.29) is 12.4 Å². The minimum absolute atomic E-state index is 0.0960. The van der Waals surface area contributed by atoms with Crippen molar-refractivity contribution in [3.63, 3.8) is 0 Å². The molecule has 0 atom stereocenters. The predicted molar refractivity (Wildman–Crippen MR) is 53.7 cm³/mol. The summed E-state index contributed by atoms with van der Waals surface area (Å²) >= 11 is 0. The lowest BCUT2D eigenvalue weighted by atomic mass is 10.1. The van der Waals surface area contributed by atoms with Crippen LogP contribution >= 0.6 is 0 Å². The maximum absolute atomic E-state index is 9.48. The summed E-state index contributed by atoms with van der Waals surface area (Å²) in [5.41, 5.74) is 7.29. The minimum atomic E-state index is -0.148. The van der Waals surface area contributed by atoms with E-state index < -0.39 is 0 Å². The van der Waals surface area contributed by atoms with Crippen molar-refractivity contribution in [1.82, 2.24) is 4.98 Å². The molecule has 2 rings (SSSR count). The molecule has 0 saturated heterocycles. The van der Waals surface area contributed by atoms with Crippen molar-refractivity contribution in [3.05, 3.63) is 30.0 Å². The van der Waals surface area contributed by atoms with Gasteiger partial charge in [0.25, 0.3) is 0 Å². The van der Waals surface area contributed by atoms with Crippen LogP contribution in [-0.2, 0) is 6.61 Å². The number of rotatable bonds is 1. The summed E-state index contributed by atoms with van der Waals surface area (Å²) in [5, 5.41) is 19.1. The number of hydrogen-bond acceptors (Lipinski definition) is 4. The Labute approximate surface area is 80.6 Å². The number of aliphatic hydroxyl groups is 1. The number of phenolic OH excluding ortho intramolecular Hbond substituents is 1. The van der Waals surface area contributed by atoms with Gasteiger partial charge in [0.05, 0.1) is 6.61 Å². The molecule has 0 unspecified atom stereocenters. The fourth-order valence-corrected chi connectivity index (χ4v) is 1.40. The van der Waals surface area contributed by atoms with Crippen LogP contribution in [0, 0.1) is 0 Å². The van der Waals surface area contributed by atoms with E-state index in [1.165, 1.54) is 6.20 Å². The molecule has 1 aromatic heterocycles. The highest BCUT2D eigenvalue weighted by molar-refractivity contribution is 5.94. The minimum Gasteiger partial charge on any atom is -0.506 e. The molecular weight excluding hydrogens is 180 g/mol. The molecule has 0 fully saturated rings. The van der Waals surface area contributed by atoms with Crippen LogP contribution in [0.25, 0.3) is 10.9 Å². The molecule has 4 heteroatoms. The van der Waals surface area contributed by atoms with Crippen molar-refractivity contribution >= 4 is 16.6 Å². The number of hydrogen-bond donors (Lipinski definition) is 3. The van der Waals surface area contributed by atoms with Crippen LogP contribution < -0.4 is 5.73 Å². The van der Waals surface area contributed by atoms with Gasteiger partial charge in [0.2, 0.25) is 0 Å². The van der Waals surface area contributed by atoms with E-state index in [1.54, 1.807) is 18.2 Å². The molecule has 0 amide bonds. The van der Waals surface area contributed by atoms with Crippen LogP contribution in [0.2, 0.25) is 0 Å². The lowest BCUT2D eigenvalue weighted by molar-refractivity contribution is 0.282. The van der Waals surface area contributed by atoms with Gasteiger partial charge in [-0.2, -0.15) is 0 Å². The predicted octanol–water partition coefficient (Wildman–Crippen LogP) is 1.01. The molecule has 14 heavy (non-hydrogen) atoms. The van der Waals surface area contributed by atoms with Gasteiger partial charge in [-0.1, -0.05) is 12.1 Å². The number of nitrogen functional groups attached to an aromatic ring is 1. The number of aliphatic hydroxyl groups excluding tert-OH is 1. The zero-order chi connectivity index (χ0) is 10.1. The number of fused-ring (bicyclic) bond motifs is 1. The number of anilines is 1. The lowest BCUT2D eigenvalue weighted by Crippen LogP contribution is -1.97. The molecule has 1 aromatic carbocycles. The van der Waals surface area contributed by atoms with Gasteiger partial charge in [-0.3, -0.25) is 4.98 Å². The van der Waals surface area contributed by atoms with Crippen LogP contribution in [0.5, 0.6) is 5.75 Å². The van der Waals surface area contributed by atoms with E-state index in [9.17, 15) is 5.11 Å². The van der Waals surface area contributed by atoms with Crippen molar-refractivity contribution in [2.45, 2.75) is 6.61 Å². The van der Waals surface area contributed by atoms with Crippen LogP contribution in [0.3, 0.4) is 0 Å². The van der Waals surface area contributed by atoms with Gasteiger partial charge in [-0.15, -0.1) is 0 Å². The van der Waals surface area contributed by atoms with E-state index in [0.717, 1.165) is 0 Å². The fraction of sp³-hybridized carbons (Fsp3) is 0.100. The van der Waals surface area contributed by atoms with Crippen molar-refractivity contribution in [2.75, 3.05) is 5.73 Å². The van der Waals surface area contributed by atoms with Crippen molar-refractivity contribution < 1.29 is 10.2 Å². The van der Waals surface area contributed by atoms with Crippen LogP contribution in [0.15, 0.2) is 24.4 Å². The molecular formula is C10H10N2O2. The third-order valence-electron chi connectivity index (χ3n) is 2.17. The van der Waals surface area contributed by atoms with Crippen molar-refractivity contribution in [3.8, 4) is 5.75 Å². The van der Waals surface area contributed by atoms with Gasteiger partial charge in [0, 0.05) is 22.8 Å². The first kappa shape index (κ1) is 8.77. The second-order valence-corrected chi connectivity index (χ2v) is 3.03. The molecule has 2 aromatic rings. The zero-order valence-corrected chi connectivity index (χ0v) is 7.44. The van der Waals surface area contributed by atoms with Crippen LogP contribution in [-0.4, -0.2) is 15.2 Å². The highest BCUT2D eigenvalue weighted by atomic mass is 16.3. The number of benzene rings is 1. The summed E-state index contributed by atoms with van der Waals surface area (Å²) in [7, 11) is 0. The van der Waals surface area contributed by atoms with E-state index in [4.69, 9.17) is 10.8 Å². The summed E-state index contributed by atoms with van der Waals surface area (Å²) < 4.78 is 0. The average Bonchev–Trinajstić information content (AvgIpc) is 2.20. The quantitative estimate of drug-likeness (QED) is 0.627. The number of nitrogens with zero attached hydrogens (tertiary/aromatic N) is 1. The highest BCUT2D eigenvalue weighted by Crippen LogP contribution is 2.28. The summed E-state index contributed by atoms with van der Waals surface area (Å²) in [6.45, 7) is -0.148. The number of aromatic hydroxyl groups is 1. The zero-order valence-electron chi connectivity index (χ0n) is 7.44. The second kappa shape index (κ2) is 3.16. The first-order chi connectivity index (χ1) is 6.74. The summed E-state index contributed by atoms with van der Waals surface area (Å²) in [4.78, 5) is 4.02. The van der Waals surface area contributed by atoms with E-state index >= 15 is 0 Å². The SMILES string of the molecule is Nc1c(CO)cnc2c(O)cccc12. The molecule has 0 aliphatic rings. The molecule has 4 N–H and O–H groups in total. The normalized spacial score (nSPS) is 10.6. The monoisotopic (exact) mass is 190 g/mol. The van der Waals surface area contributed by atoms with Gasteiger partial charge in [-0.05, 0) is 6.07 Å². The van der Waals surface area contributed by atoms with Gasteiger partial charge < -0.3 is 15.9 Å². The number of phenols is 1. The molecule has 0 spiro atoms. The first-order valence-corrected chi connectivity index (χ1v) is 4.20. The Bertz CT molecular complexity index is 483. The Morgan fingerprint density at radius 1 is 1.36 bits per heavy atom. The third-order valence-corrected chi connectivity index (χ3v) is 2.17. The van der Waals surface area contributed by atoms with Gasteiger partial charge in [0.15, 0.2) is 0 Å². The Hall–Kier alpha value is -1.81. The number of aromatic nitrogens is 1. The highest BCUT2D eigenvalue weighted by Gasteiger charge is 2.06. The van der Waals surface area contributed by atoms with E-state index in [1.807, 2.05) is 0 Å². The molecule has 4 nitrogen and oxygen atoms in total. The fourth-order valence-electron chi connectivity index (χ4n) is 1.40. The van der Waals surface area contributed by atoms with Crippen LogP contribution in [0.4, 0.5) is 5.69 Å². The largest absolute Gasteiger partial charge is 0.506 e. The Balaban J connectivity index is 2.84. The number of pyridine rings is 1. The standard InChI is InChI=1S/C10H10N2O2/c11-9-6(5-13)4-12-10-7(9)2-1-3-8(10)14/h1-4,13-14H,5H2,(H2,11,12). The Morgan fingerprint density at radius 3 is 2.86 bits per heavy atom. The Kier molecular flexibility index (Phi) is 1.98. The van der Waals surface area contributed by atoms with Crippen molar-refractivity contribution in [2.24, 2.45) is 0 Å². The van der Waals surface area contributed by atoms with Gasteiger partial charge in [0.1, 0.15) is 11.3 Å². The summed E-state index contributed by atoms with van der Waals surface area (Å²) in [6.07, 6.45) is 1.47. The molecule has 72 valence electrons. The third kappa shape index (κ3) is 1.16. The molecule has 0 saturated carbocycles. The van der Waals surface area contributed by atoms with Crippen LogP contribution in [0.1, 0.15) is 5.56 Å². The summed E-state index contributed by atoms with van der Waals surface area (Å²) in [5.74, 6) is 0.0960. The number of nitrogens with two attached hydrogens (primary N) is 1. The number of para-hydroxylation sites is 1.